The van der Waals surface area contributed by atoms with Crippen molar-refractivity contribution in [2.24, 2.45) is 0 Å². The number of benzene rings is 1. The predicted octanol–water partition coefficient (Wildman–Crippen LogP) is 0.0964. The molecule has 0 radical (unpaired) electrons. The van der Waals surface area contributed by atoms with Crippen LogP contribution >= 0.6 is 0 Å². The molecule has 0 saturated carbocycles. The average molecular weight is 313 g/mol. The number of amides is 1. The fourth-order valence-corrected chi connectivity index (χ4v) is 3.29. The highest BCUT2D eigenvalue weighted by molar-refractivity contribution is 7.90. The Morgan fingerprint density at radius 2 is 2.10 bits per heavy atom. The first kappa shape index (κ1) is 15.3. The lowest BCUT2D eigenvalue weighted by molar-refractivity contribution is -0.137. The topological polar surface area (TPSA) is 107 Å². The molecule has 0 aliphatic carbocycles. The number of fused-ring (bicyclic) bond motifs is 1. The molecular weight excluding hydrogens is 298 g/mol. The molecular formula is C12H15N3O5S. The first-order chi connectivity index (χ1) is 9.82. The Hall–Kier alpha value is -2.13. The Kier molecular flexibility index (Phi) is 4.14. The minimum atomic E-state index is -3.96. The third-order valence-electron chi connectivity index (χ3n) is 3.05. The number of rotatable bonds is 5. The van der Waals surface area contributed by atoms with E-state index in [-0.39, 0.29) is 19.5 Å². The Morgan fingerprint density at radius 3 is 2.76 bits per heavy atom. The van der Waals surface area contributed by atoms with Gasteiger partial charge in [-0.05, 0) is 12.1 Å². The standard InChI is InChI=1S/C12H15N3O5S/c1-14(7-6-12(17)18)21(19,20)15-8-11(16)13-9-4-2-3-5-10(9)15/h2-5H,6-8H2,1H3,(H,13,16)(H,17,18). The van der Waals surface area contributed by atoms with Gasteiger partial charge < -0.3 is 10.4 Å². The predicted molar refractivity (Wildman–Crippen MR) is 76.2 cm³/mol. The van der Waals surface area contributed by atoms with Crippen molar-refractivity contribution in [2.45, 2.75) is 6.42 Å². The van der Waals surface area contributed by atoms with E-state index >= 15 is 0 Å². The van der Waals surface area contributed by atoms with Crippen LogP contribution in [0.3, 0.4) is 0 Å². The summed E-state index contributed by atoms with van der Waals surface area (Å²) in [7, 11) is -2.68. The smallest absolute Gasteiger partial charge is 0.304 e. The molecule has 2 N–H and O–H groups in total. The highest BCUT2D eigenvalue weighted by Crippen LogP contribution is 2.31. The van der Waals surface area contributed by atoms with E-state index in [1.54, 1.807) is 24.3 Å². The van der Waals surface area contributed by atoms with Crippen LogP contribution in [0.15, 0.2) is 24.3 Å². The van der Waals surface area contributed by atoms with Crippen LogP contribution in [0, 0.1) is 0 Å². The van der Waals surface area contributed by atoms with E-state index in [1.165, 1.54) is 7.05 Å². The first-order valence-corrected chi connectivity index (χ1v) is 7.57. The van der Waals surface area contributed by atoms with Gasteiger partial charge in [-0.1, -0.05) is 12.1 Å². The molecule has 8 nitrogen and oxygen atoms in total. The highest BCUT2D eigenvalue weighted by atomic mass is 32.2. The summed E-state index contributed by atoms with van der Waals surface area (Å²) in [5.74, 6) is -1.53. The van der Waals surface area contributed by atoms with Crippen LogP contribution in [0.5, 0.6) is 0 Å². The van der Waals surface area contributed by atoms with Crippen molar-refractivity contribution in [3.05, 3.63) is 24.3 Å². The molecule has 1 aliphatic heterocycles. The minimum absolute atomic E-state index is 0.169. The molecule has 1 aromatic rings. The summed E-state index contributed by atoms with van der Waals surface area (Å²) in [6, 6.07) is 6.53. The third kappa shape index (κ3) is 3.14. The lowest BCUT2D eigenvalue weighted by atomic mass is 10.2. The highest BCUT2D eigenvalue weighted by Gasteiger charge is 2.33. The monoisotopic (exact) mass is 313 g/mol. The maximum absolute atomic E-state index is 12.5. The van der Waals surface area contributed by atoms with E-state index in [1.807, 2.05) is 0 Å². The second-order valence-electron chi connectivity index (χ2n) is 4.55. The van der Waals surface area contributed by atoms with Crippen molar-refractivity contribution in [2.75, 3.05) is 29.8 Å². The summed E-state index contributed by atoms with van der Waals surface area (Å²) < 4.78 is 26.9. The van der Waals surface area contributed by atoms with Crippen LogP contribution in [-0.4, -0.2) is 49.8 Å². The zero-order valence-electron chi connectivity index (χ0n) is 11.3. The molecule has 2 rings (SSSR count). The molecule has 21 heavy (non-hydrogen) atoms. The number of hydrogen-bond acceptors (Lipinski definition) is 4. The number of carbonyl (C=O) groups is 2. The summed E-state index contributed by atoms with van der Waals surface area (Å²) in [6.07, 6.45) is -0.308. The number of hydrogen-bond donors (Lipinski definition) is 2. The van der Waals surface area contributed by atoms with Crippen molar-refractivity contribution in [3.63, 3.8) is 0 Å². The number of carboxylic acid groups (broad SMARTS) is 1. The zero-order chi connectivity index (χ0) is 15.6. The van der Waals surface area contributed by atoms with Crippen LogP contribution in [0.1, 0.15) is 6.42 Å². The number of nitrogens with one attached hydrogen (secondary N) is 1. The van der Waals surface area contributed by atoms with Gasteiger partial charge in [0.25, 0.3) is 0 Å². The second-order valence-corrected chi connectivity index (χ2v) is 6.50. The van der Waals surface area contributed by atoms with Gasteiger partial charge in [-0.3, -0.25) is 9.59 Å². The van der Waals surface area contributed by atoms with Gasteiger partial charge in [0.2, 0.25) is 5.91 Å². The quantitative estimate of drug-likeness (QED) is 0.801. The van der Waals surface area contributed by atoms with Gasteiger partial charge in [0.05, 0.1) is 17.8 Å². The van der Waals surface area contributed by atoms with Gasteiger partial charge in [-0.25, -0.2) is 4.31 Å². The number of carbonyl (C=O) groups excluding carboxylic acids is 1. The van der Waals surface area contributed by atoms with Gasteiger partial charge in [0.1, 0.15) is 6.54 Å². The van der Waals surface area contributed by atoms with Gasteiger partial charge in [0, 0.05) is 13.6 Å². The molecule has 0 atom stereocenters. The molecule has 0 saturated heterocycles. The largest absolute Gasteiger partial charge is 0.481 e. The van der Waals surface area contributed by atoms with Gasteiger partial charge >= 0.3 is 16.2 Å². The second kappa shape index (κ2) is 5.70. The van der Waals surface area contributed by atoms with E-state index in [0.29, 0.717) is 11.4 Å². The fraction of sp³-hybridized carbons (Fsp3) is 0.333. The van der Waals surface area contributed by atoms with Gasteiger partial charge in [-0.2, -0.15) is 12.7 Å². The van der Waals surface area contributed by atoms with Gasteiger partial charge in [-0.15, -0.1) is 0 Å². The Balaban J connectivity index is 2.32. The van der Waals surface area contributed by atoms with Crippen molar-refractivity contribution < 1.29 is 23.1 Å². The van der Waals surface area contributed by atoms with Crippen LogP contribution in [-0.2, 0) is 19.8 Å². The van der Waals surface area contributed by atoms with Crippen molar-refractivity contribution in [3.8, 4) is 0 Å². The van der Waals surface area contributed by atoms with Crippen molar-refractivity contribution >= 4 is 33.5 Å². The Bertz CT molecular complexity index is 673. The number of carboxylic acids is 1. The summed E-state index contributed by atoms with van der Waals surface area (Å²) in [5.41, 5.74) is 0.767. The van der Waals surface area contributed by atoms with Crippen LogP contribution in [0.2, 0.25) is 0 Å². The lowest BCUT2D eigenvalue weighted by Crippen LogP contribution is -2.48. The van der Waals surface area contributed by atoms with Crippen molar-refractivity contribution in [1.82, 2.24) is 4.31 Å². The SMILES string of the molecule is CN(CCC(=O)O)S(=O)(=O)N1CC(=O)Nc2ccccc21. The number of para-hydroxylation sites is 2. The summed E-state index contributed by atoms with van der Waals surface area (Å²) in [6.45, 7) is -0.505. The van der Waals surface area contributed by atoms with E-state index in [9.17, 15) is 18.0 Å². The number of nitrogens with zero attached hydrogens (tertiary/aromatic N) is 2. The van der Waals surface area contributed by atoms with Gasteiger partial charge in [0.15, 0.2) is 0 Å². The maximum Gasteiger partial charge on any atom is 0.304 e. The average Bonchev–Trinajstić information content (AvgIpc) is 2.43. The maximum atomic E-state index is 12.5. The van der Waals surface area contributed by atoms with E-state index in [0.717, 1.165) is 8.61 Å². The molecule has 0 bridgehead atoms. The molecule has 1 aromatic carbocycles. The normalized spacial score (nSPS) is 14.8. The summed E-state index contributed by atoms with van der Waals surface area (Å²) >= 11 is 0. The Labute approximate surface area is 122 Å². The number of anilines is 2. The summed E-state index contributed by atoms with van der Waals surface area (Å²) in [5, 5.41) is 11.2. The van der Waals surface area contributed by atoms with E-state index < -0.39 is 22.1 Å². The molecule has 1 amide bonds. The fourth-order valence-electron chi connectivity index (χ4n) is 1.94. The lowest BCUT2D eigenvalue weighted by Gasteiger charge is -2.32. The molecule has 0 fully saturated rings. The van der Waals surface area contributed by atoms with Crippen molar-refractivity contribution in [1.29, 1.82) is 0 Å². The van der Waals surface area contributed by atoms with Crippen LogP contribution in [0.25, 0.3) is 0 Å². The minimum Gasteiger partial charge on any atom is -0.481 e. The van der Waals surface area contributed by atoms with Crippen LogP contribution < -0.4 is 9.62 Å². The van der Waals surface area contributed by atoms with Crippen LogP contribution in [0.4, 0.5) is 11.4 Å². The number of aliphatic carboxylic acids is 1. The molecule has 0 spiro atoms. The first-order valence-electron chi connectivity index (χ1n) is 6.17. The molecule has 9 heteroatoms. The molecule has 0 aromatic heterocycles. The Morgan fingerprint density at radius 1 is 1.43 bits per heavy atom. The molecule has 1 heterocycles. The molecule has 114 valence electrons. The van der Waals surface area contributed by atoms with E-state index in [2.05, 4.69) is 5.32 Å². The van der Waals surface area contributed by atoms with E-state index in [4.69, 9.17) is 5.11 Å². The molecule has 0 unspecified atom stereocenters. The molecule has 1 aliphatic rings. The summed E-state index contributed by atoms with van der Waals surface area (Å²) in [4.78, 5) is 22.2. The zero-order valence-corrected chi connectivity index (χ0v) is 12.1. The third-order valence-corrected chi connectivity index (χ3v) is 4.90.